The molecule has 0 aliphatic rings. The maximum absolute atomic E-state index is 11.5. The predicted octanol–water partition coefficient (Wildman–Crippen LogP) is 1.32. The average molecular weight is 169 g/mol. The Morgan fingerprint density at radius 1 is 1.45 bits per heavy atom. The molecule has 1 amide bonds. The quantitative estimate of drug-likeness (QED) is 0.663. The summed E-state index contributed by atoms with van der Waals surface area (Å²) in [6.45, 7) is 1.82. The molecular weight excluding hydrogens is 159 g/mol. The minimum atomic E-state index is -4.31. The van der Waals surface area contributed by atoms with Gasteiger partial charge in [-0.3, -0.25) is 4.79 Å². The van der Waals surface area contributed by atoms with Gasteiger partial charge in [0.2, 0.25) is 5.91 Å². The lowest BCUT2D eigenvalue weighted by Crippen LogP contribution is -2.36. The van der Waals surface area contributed by atoms with E-state index in [0.717, 1.165) is 0 Å². The number of hydrogen-bond acceptors (Lipinski definition) is 1. The molecule has 0 aromatic rings. The van der Waals surface area contributed by atoms with Gasteiger partial charge in [0.25, 0.3) is 0 Å². The van der Waals surface area contributed by atoms with E-state index in [1.54, 1.807) is 5.32 Å². The first-order valence-corrected chi connectivity index (χ1v) is 3.17. The van der Waals surface area contributed by atoms with E-state index in [9.17, 15) is 18.0 Å². The van der Waals surface area contributed by atoms with Crippen LogP contribution in [0.2, 0.25) is 0 Å². The van der Waals surface area contributed by atoms with Gasteiger partial charge in [-0.25, -0.2) is 0 Å². The summed E-state index contributed by atoms with van der Waals surface area (Å²) < 4.78 is 34.4. The first-order chi connectivity index (χ1) is 4.83. The van der Waals surface area contributed by atoms with E-state index < -0.39 is 24.5 Å². The number of carbonyl (C=O) groups is 1. The second kappa shape index (κ2) is 3.59. The summed E-state index contributed by atoms with van der Waals surface area (Å²) in [6, 6.07) is 0. The van der Waals surface area contributed by atoms with E-state index in [2.05, 4.69) is 0 Å². The van der Waals surface area contributed by atoms with Crippen LogP contribution in [-0.4, -0.2) is 18.6 Å². The highest BCUT2D eigenvalue weighted by Crippen LogP contribution is 2.12. The Kier molecular flexibility index (Phi) is 3.35. The van der Waals surface area contributed by atoms with Gasteiger partial charge in [-0.1, -0.05) is 13.8 Å². The van der Waals surface area contributed by atoms with Crippen molar-refractivity contribution < 1.29 is 18.0 Å². The molecule has 5 heteroatoms. The first-order valence-electron chi connectivity index (χ1n) is 3.17. The molecule has 0 aliphatic carbocycles. The second-order valence-corrected chi connectivity index (χ2v) is 2.49. The minimum Gasteiger partial charge on any atom is -0.347 e. The summed E-state index contributed by atoms with van der Waals surface area (Å²) in [6.07, 6.45) is -4.31. The number of alkyl halides is 3. The van der Waals surface area contributed by atoms with Gasteiger partial charge in [0.05, 0.1) is 0 Å². The number of nitrogens with one attached hydrogen (secondary N) is 1. The highest BCUT2D eigenvalue weighted by atomic mass is 19.4. The van der Waals surface area contributed by atoms with Gasteiger partial charge in [0.1, 0.15) is 6.54 Å². The fraction of sp³-hybridized carbons (Fsp3) is 0.833. The number of rotatable bonds is 2. The molecule has 0 radical (unpaired) electrons. The molecule has 0 spiro atoms. The van der Waals surface area contributed by atoms with Gasteiger partial charge in [0.15, 0.2) is 0 Å². The lowest BCUT2D eigenvalue weighted by molar-refractivity contribution is -0.140. The third kappa shape index (κ3) is 5.69. The lowest BCUT2D eigenvalue weighted by atomic mass is 10.2. The third-order valence-corrected chi connectivity index (χ3v) is 0.987. The van der Waals surface area contributed by atoms with Crippen LogP contribution >= 0.6 is 0 Å². The molecule has 0 bridgehead atoms. The molecule has 0 heterocycles. The molecule has 0 aliphatic heterocycles. The largest absolute Gasteiger partial charge is 0.405 e. The van der Waals surface area contributed by atoms with Crippen molar-refractivity contribution in [3.8, 4) is 0 Å². The Labute approximate surface area is 62.8 Å². The van der Waals surface area contributed by atoms with Gasteiger partial charge in [-0.2, -0.15) is 13.2 Å². The number of halogens is 3. The number of carbonyl (C=O) groups excluding carboxylic acids is 1. The molecule has 2 nitrogen and oxygen atoms in total. The summed E-state index contributed by atoms with van der Waals surface area (Å²) in [5.41, 5.74) is 0. The zero-order valence-corrected chi connectivity index (χ0v) is 6.33. The molecule has 0 saturated carbocycles. The predicted molar refractivity (Wildman–Crippen MR) is 33.9 cm³/mol. The van der Waals surface area contributed by atoms with E-state index in [1.807, 2.05) is 0 Å². The third-order valence-electron chi connectivity index (χ3n) is 0.987. The van der Waals surface area contributed by atoms with Crippen LogP contribution < -0.4 is 5.32 Å². The average Bonchev–Trinajstić information content (AvgIpc) is 1.80. The molecular formula is C6H10F3NO. The number of amides is 1. The SMILES string of the molecule is CC(C)C(=O)NCC(F)(F)F. The van der Waals surface area contributed by atoms with Crippen molar-refractivity contribution in [2.75, 3.05) is 6.54 Å². The van der Waals surface area contributed by atoms with Crippen LogP contribution in [0.15, 0.2) is 0 Å². The molecule has 66 valence electrons. The fourth-order valence-corrected chi connectivity index (χ4v) is 0.391. The van der Waals surface area contributed by atoms with Crippen LogP contribution in [0.1, 0.15) is 13.8 Å². The maximum Gasteiger partial charge on any atom is 0.405 e. The smallest absolute Gasteiger partial charge is 0.347 e. The van der Waals surface area contributed by atoms with Crippen molar-refractivity contribution >= 4 is 5.91 Å². The van der Waals surface area contributed by atoms with Crippen LogP contribution in [0.25, 0.3) is 0 Å². The summed E-state index contributed by atoms with van der Waals surface area (Å²) >= 11 is 0. The first kappa shape index (κ1) is 10.3. The highest BCUT2D eigenvalue weighted by molar-refractivity contribution is 5.77. The van der Waals surface area contributed by atoms with E-state index >= 15 is 0 Å². The van der Waals surface area contributed by atoms with Crippen molar-refractivity contribution in [3.63, 3.8) is 0 Å². The zero-order valence-electron chi connectivity index (χ0n) is 6.33. The molecule has 0 unspecified atom stereocenters. The van der Waals surface area contributed by atoms with Crippen LogP contribution in [0.3, 0.4) is 0 Å². The summed E-state index contributed by atoms with van der Waals surface area (Å²) in [4.78, 5) is 10.6. The molecule has 0 rings (SSSR count). The molecule has 0 aromatic heterocycles. The Bertz CT molecular complexity index is 141. The van der Waals surface area contributed by atoms with Gasteiger partial charge in [-0.15, -0.1) is 0 Å². The Balaban J connectivity index is 3.64. The highest BCUT2D eigenvalue weighted by Gasteiger charge is 2.27. The molecule has 0 atom stereocenters. The standard InChI is InChI=1S/C6H10F3NO/c1-4(2)5(11)10-3-6(7,8)9/h4H,3H2,1-2H3,(H,10,11). The Morgan fingerprint density at radius 2 is 1.91 bits per heavy atom. The molecule has 0 saturated heterocycles. The van der Waals surface area contributed by atoms with Crippen molar-refractivity contribution in [2.24, 2.45) is 5.92 Å². The minimum absolute atomic E-state index is 0.405. The van der Waals surface area contributed by atoms with Crippen molar-refractivity contribution in [3.05, 3.63) is 0 Å². The van der Waals surface area contributed by atoms with E-state index in [1.165, 1.54) is 13.8 Å². The van der Waals surface area contributed by atoms with Crippen molar-refractivity contribution in [2.45, 2.75) is 20.0 Å². The summed E-state index contributed by atoms with van der Waals surface area (Å²) in [7, 11) is 0. The van der Waals surface area contributed by atoms with Crippen molar-refractivity contribution in [1.82, 2.24) is 5.32 Å². The van der Waals surface area contributed by atoms with Gasteiger partial charge >= 0.3 is 6.18 Å². The molecule has 0 fully saturated rings. The van der Waals surface area contributed by atoms with Gasteiger partial charge in [0, 0.05) is 5.92 Å². The Morgan fingerprint density at radius 3 is 2.18 bits per heavy atom. The van der Waals surface area contributed by atoms with Gasteiger partial charge in [-0.05, 0) is 0 Å². The van der Waals surface area contributed by atoms with E-state index in [0.29, 0.717) is 0 Å². The summed E-state index contributed by atoms with van der Waals surface area (Å²) in [5.74, 6) is -0.986. The zero-order chi connectivity index (χ0) is 9.07. The van der Waals surface area contributed by atoms with Crippen LogP contribution in [-0.2, 0) is 4.79 Å². The summed E-state index contributed by atoms with van der Waals surface area (Å²) in [5, 5.41) is 1.76. The van der Waals surface area contributed by atoms with Crippen LogP contribution in [0.4, 0.5) is 13.2 Å². The molecule has 0 aromatic carbocycles. The van der Waals surface area contributed by atoms with E-state index in [4.69, 9.17) is 0 Å². The number of hydrogen-bond donors (Lipinski definition) is 1. The Hall–Kier alpha value is -0.740. The second-order valence-electron chi connectivity index (χ2n) is 2.49. The molecule has 11 heavy (non-hydrogen) atoms. The van der Waals surface area contributed by atoms with Gasteiger partial charge < -0.3 is 5.32 Å². The van der Waals surface area contributed by atoms with Crippen LogP contribution in [0.5, 0.6) is 0 Å². The topological polar surface area (TPSA) is 29.1 Å². The van der Waals surface area contributed by atoms with Crippen molar-refractivity contribution in [1.29, 1.82) is 0 Å². The fourth-order valence-electron chi connectivity index (χ4n) is 0.391. The van der Waals surface area contributed by atoms with Crippen LogP contribution in [0, 0.1) is 5.92 Å². The maximum atomic E-state index is 11.5. The van der Waals surface area contributed by atoms with E-state index in [-0.39, 0.29) is 0 Å². The monoisotopic (exact) mass is 169 g/mol. The molecule has 1 N–H and O–H groups in total. The lowest BCUT2D eigenvalue weighted by Gasteiger charge is -2.09. The normalized spacial score (nSPS) is 11.8.